The average molecular weight is 427 g/mol. The summed E-state index contributed by atoms with van der Waals surface area (Å²) in [7, 11) is 1.67. The molecule has 0 radical (unpaired) electrons. The molecule has 1 aliphatic carbocycles. The van der Waals surface area contributed by atoms with Gasteiger partial charge in [-0.05, 0) is 43.7 Å². The number of likely N-dealkylation sites (tertiary alicyclic amines) is 1. The zero-order valence-electron chi connectivity index (χ0n) is 18.7. The van der Waals surface area contributed by atoms with Crippen LogP contribution in [-0.4, -0.2) is 53.1 Å². The minimum Gasteiger partial charge on any atom is -0.383 e. The fraction of sp³-hybridized carbons (Fsp3) is 0.625. The van der Waals surface area contributed by atoms with Crippen molar-refractivity contribution in [3.05, 3.63) is 24.0 Å². The summed E-state index contributed by atoms with van der Waals surface area (Å²) < 4.78 is 7.21. The van der Waals surface area contributed by atoms with Crippen LogP contribution in [0.1, 0.15) is 62.2 Å². The van der Waals surface area contributed by atoms with Gasteiger partial charge in [0.1, 0.15) is 0 Å². The molecule has 7 nitrogen and oxygen atoms in total. The fourth-order valence-corrected chi connectivity index (χ4v) is 4.79. The molecule has 1 aromatic heterocycles. The third kappa shape index (κ3) is 4.92. The van der Waals surface area contributed by atoms with E-state index in [1.165, 1.54) is 6.42 Å². The normalized spacial score (nSPS) is 18.5. The highest BCUT2D eigenvalue weighted by Gasteiger charge is 2.26. The lowest BCUT2D eigenvalue weighted by atomic mass is 9.88. The lowest BCUT2D eigenvalue weighted by molar-refractivity contribution is -0.120. The number of ether oxygens (including phenoxy) is 1. The smallest absolute Gasteiger partial charge is 0.256 e. The molecule has 2 heterocycles. The van der Waals surface area contributed by atoms with Gasteiger partial charge >= 0.3 is 0 Å². The van der Waals surface area contributed by atoms with Crippen molar-refractivity contribution in [2.45, 2.75) is 58.4 Å². The predicted molar refractivity (Wildman–Crippen MR) is 121 cm³/mol. The molecule has 2 fully saturated rings. The van der Waals surface area contributed by atoms with Gasteiger partial charge in [-0.1, -0.05) is 26.2 Å². The number of amides is 2. The number of hydrogen-bond donors (Lipinski definition) is 1. The molecule has 2 aliphatic rings. The number of aromatic nitrogens is 2. The molecule has 7 heteroatoms. The van der Waals surface area contributed by atoms with Gasteiger partial charge in [-0.3, -0.25) is 9.59 Å². The van der Waals surface area contributed by atoms with Crippen LogP contribution >= 0.6 is 0 Å². The summed E-state index contributed by atoms with van der Waals surface area (Å²) in [6, 6.07) is 3.73. The highest BCUT2D eigenvalue weighted by atomic mass is 16.5. The van der Waals surface area contributed by atoms with Crippen molar-refractivity contribution in [1.29, 1.82) is 0 Å². The number of methoxy groups -OCH3 is 1. The number of fused-ring (bicyclic) bond motifs is 1. The van der Waals surface area contributed by atoms with Crippen LogP contribution in [0.15, 0.2) is 18.5 Å². The molecule has 1 aliphatic heterocycles. The number of carbonyl (C=O) groups excluding carboxylic acids is 2. The molecule has 0 spiro atoms. The molecule has 1 saturated carbocycles. The molecule has 0 unspecified atom stereocenters. The summed E-state index contributed by atoms with van der Waals surface area (Å²) in [5.41, 5.74) is 2.82. The molecule has 0 bridgehead atoms. The lowest BCUT2D eigenvalue weighted by Crippen LogP contribution is -2.38. The van der Waals surface area contributed by atoms with E-state index < -0.39 is 0 Å². The van der Waals surface area contributed by atoms with Crippen LogP contribution in [0.5, 0.6) is 0 Å². The highest BCUT2D eigenvalue weighted by Crippen LogP contribution is 2.29. The fourth-order valence-electron chi connectivity index (χ4n) is 4.79. The Bertz CT molecular complexity index is 924. The minimum atomic E-state index is 0.0184. The van der Waals surface area contributed by atoms with Gasteiger partial charge in [-0.25, -0.2) is 4.98 Å². The minimum absolute atomic E-state index is 0.0184. The van der Waals surface area contributed by atoms with Crippen LogP contribution in [0, 0.1) is 11.8 Å². The van der Waals surface area contributed by atoms with E-state index in [0.29, 0.717) is 30.3 Å². The Morgan fingerprint density at radius 2 is 1.87 bits per heavy atom. The monoisotopic (exact) mass is 426 g/mol. The van der Waals surface area contributed by atoms with Crippen molar-refractivity contribution in [1.82, 2.24) is 14.5 Å². The SMILES string of the molecule is COCCn1cnc2cc(NC(=O)C3CCCCC3)cc(C(=O)N3CCC(C)CC3)c21. The number of nitrogens with zero attached hydrogens (tertiary/aromatic N) is 3. The third-order valence-corrected chi connectivity index (χ3v) is 6.79. The van der Waals surface area contributed by atoms with Crippen LogP contribution in [0.25, 0.3) is 11.0 Å². The van der Waals surface area contributed by atoms with E-state index in [1.807, 2.05) is 21.6 Å². The van der Waals surface area contributed by atoms with Crippen molar-refractivity contribution in [3.63, 3.8) is 0 Å². The molecule has 4 rings (SSSR count). The molecule has 168 valence electrons. The van der Waals surface area contributed by atoms with Gasteiger partial charge in [0, 0.05) is 38.3 Å². The highest BCUT2D eigenvalue weighted by molar-refractivity contribution is 6.07. The van der Waals surface area contributed by atoms with Gasteiger partial charge in [0.05, 0.1) is 29.5 Å². The number of imidazole rings is 1. The number of nitrogens with one attached hydrogen (secondary N) is 1. The summed E-state index contributed by atoms with van der Waals surface area (Å²) in [4.78, 5) is 32.8. The Morgan fingerprint density at radius 3 is 2.58 bits per heavy atom. The number of hydrogen-bond acceptors (Lipinski definition) is 4. The molecule has 1 saturated heterocycles. The Balaban J connectivity index is 1.65. The second kappa shape index (κ2) is 9.81. The summed E-state index contributed by atoms with van der Waals surface area (Å²) in [6.45, 7) is 4.94. The number of piperidine rings is 1. The number of rotatable bonds is 6. The number of benzene rings is 1. The van der Waals surface area contributed by atoms with Crippen molar-refractivity contribution in [2.75, 3.05) is 32.1 Å². The Kier molecular flexibility index (Phi) is 6.90. The Labute approximate surface area is 184 Å². The van der Waals surface area contributed by atoms with E-state index in [4.69, 9.17) is 4.74 Å². The first kappa shape index (κ1) is 21.8. The predicted octanol–water partition coefficient (Wildman–Crippen LogP) is 4.07. The van der Waals surface area contributed by atoms with Crippen molar-refractivity contribution in [3.8, 4) is 0 Å². The molecule has 31 heavy (non-hydrogen) atoms. The van der Waals surface area contributed by atoms with E-state index in [0.717, 1.165) is 62.6 Å². The molecular weight excluding hydrogens is 392 g/mol. The second-order valence-corrected chi connectivity index (χ2v) is 9.12. The summed E-state index contributed by atoms with van der Waals surface area (Å²) in [6.07, 6.45) is 9.12. The second-order valence-electron chi connectivity index (χ2n) is 9.12. The summed E-state index contributed by atoms with van der Waals surface area (Å²) >= 11 is 0. The van der Waals surface area contributed by atoms with Crippen LogP contribution in [-0.2, 0) is 16.1 Å². The van der Waals surface area contributed by atoms with Gasteiger partial charge in [-0.2, -0.15) is 0 Å². The zero-order valence-corrected chi connectivity index (χ0v) is 18.7. The first-order chi connectivity index (χ1) is 15.1. The first-order valence-corrected chi connectivity index (χ1v) is 11.6. The molecule has 1 aromatic carbocycles. The quantitative estimate of drug-likeness (QED) is 0.755. The molecule has 1 N–H and O–H groups in total. The van der Waals surface area contributed by atoms with Crippen LogP contribution in [0.4, 0.5) is 5.69 Å². The largest absolute Gasteiger partial charge is 0.383 e. The van der Waals surface area contributed by atoms with Gasteiger partial charge in [0.2, 0.25) is 5.91 Å². The van der Waals surface area contributed by atoms with Crippen molar-refractivity contribution < 1.29 is 14.3 Å². The molecule has 0 atom stereocenters. The van der Waals surface area contributed by atoms with E-state index in [1.54, 1.807) is 13.4 Å². The van der Waals surface area contributed by atoms with Crippen molar-refractivity contribution in [2.24, 2.45) is 11.8 Å². The average Bonchev–Trinajstić information content (AvgIpc) is 3.20. The van der Waals surface area contributed by atoms with Gasteiger partial charge in [-0.15, -0.1) is 0 Å². The number of anilines is 1. The first-order valence-electron chi connectivity index (χ1n) is 11.6. The van der Waals surface area contributed by atoms with Crippen LogP contribution < -0.4 is 5.32 Å². The van der Waals surface area contributed by atoms with Gasteiger partial charge in [0.15, 0.2) is 0 Å². The molecule has 2 amide bonds. The maximum Gasteiger partial charge on any atom is 0.256 e. The molecular formula is C24H34N4O3. The lowest BCUT2D eigenvalue weighted by Gasteiger charge is -2.30. The standard InChI is InChI=1S/C24H34N4O3/c1-17-8-10-27(11-9-17)24(30)20-14-19(26-23(29)18-6-4-3-5-7-18)15-21-22(20)28(16-25-21)12-13-31-2/h14-18H,3-13H2,1-2H3,(H,26,29). The van der Waals surface area contributed by atoms with Gasteiger partial charge in [0.25, 0.3) is 5.91 Å². The number of carbonyl (C=O) groups is 2. The maximum absolute atomic E-state index is 13.5. The van der Waals surface area contributed by atoms with Crippen molar-refractivity contribution >= 4 is 28.5 Å². The third-order valence-electron chi connectivity index (χ3n) is 6.79. The summed E-state index contributed by atoms with van der Waals surface area (Å²) in [5.74, 6) is 0.789. The van der Waals surface area contributed by atoms with Gasteiger partial charge < -0.3 is 19.5 Å². The van der Waals surface area contributed by atoms with E-state index >= 15 is 0 Å². The zero-order chi connectivity index (χ0) is 21.8. The topological polar surface area (TPSA) is 76.5 Å². The van der Waals surface area contributed by atoms with Crippen LogP contribution in [0.3, 0.4) is 0 Å². The Hall–Kier alpha value is -2.41. The van der Waals surface area contributed by atoms with E-state index in [2.05, 4.69) is 17.2 Å². The maximum atomic E-state index is 13.5. The summed E-state index contributed by atoms with van der Waals surface area (Å²) in [5, 5.41) is 3.08. The van der Waals surface area contributed by atoms with E-state index in [9.17, 15) is 9.59 Å². The van der Waals surface area contributed by atoms with Crippen LogP contribution in [0.2, 0.25) is 0 Å². The Morgan fingerprint density at radius 1 is 1.13 bits per heavy atom. The van der Waals surface area contributed by atoms with E-state index in [-0.39, 0.29) is 17.7 Å². The molecule has 2 aromatic rings.